The third-order valence-electron chi connectivity index (χ3n) is 5.29. The summed E-state index contributed by atoms with van der Waals surface area (Å²) >= 11 is 0. The van der Waals surface area contributed by atoms with Gasteiger partial charge < -0.3 is 24.3 Å². The fraction of sp³-hybridized carbons (Fsp3) is 0.400. The van der Waals surface area contributed by atoms with Crippen molar-refractivity contribution in [2.45, 2.75) is 24.9 Å². The molecular formula is C20H24ClNO4. The van der Waals surface area contributed by atoms with Gasteiger partial charge in [-0.1, -0.05) is 0 Å². The monoisotopic (exact) mass is 377 g/mol. The first-order chi connectivity index (χ1) is 12.2. The summed E-state index contributed by atoms with van der Waals surface area (Å²) in [5, 5.41) is 3.75. The lowest BCUT2D eigenvalue weighted by Crippen LogP contribution is -2.39. The normalized spacial score (nSPS) is 19.5. The van der Waals surface area contributed by atoms with Crippen molar-refractivity contribution in [1.29, 1.82) is 0 Å². The third kappa shape index (κ3) is 2.85. The first kappa shape index (κ1) is 18.7. The molecule has 2 aromatic carbocycles. The van der Waals surface area contributed by atoms with Crippen molar-refractivity contribution < 1.29 is 18.9 Å². The maximum Gasteiger partial charge on any atom is 0.161 e. The number of nitrogens with one attached hydrogen (secondary N) is 1. The third-order valence-corrected chi connectivity index (χ3v) is 5.29. The summed E-state index contributed by atoms with van der Waals surface area (Å²) in [6.07, 6.45) is 1.82. The Morgan fingerprint density at radius 1 is 0.654 bits per heavy atom. The molecule has 0 aromatic heterocycles. The van der Waals surface area contributed by atoms with Crippen LogP contribution in [0.5, 0.6) is 23.0 Å². The van der Waals surface area contributed by atoms with E-state index in [4.69, 9.17) is 18.9 Å². The van der Waals surface area contributed by atoms with Gasteiger partial charge in [0.1, 0.15) is 0 Å². The SMILES string of the molecule is COc1cc2c(cc1OC)C1Cc3cc(OC)c(OC)cc3C(C2)N1.Cl. The van der Waals surface area contributed by atoms with E-state index in [1.807, 2.05) is 0 Å². The molecule has 0 radical (unpaired) electrons. The van der Waals surface area contributed by atoms with Crippen LogP contribution in [0.25, 0.3) is 0 Å². The lowest BCUT2D eigenvalue weighted by atomic mass is 9.78. The van der Waals surface area contributed by atoms with E-state index >= 15 is 0 Å². The Kier molecular flexibility index (Phi) is 5.21. The average Bonchev–Trinajstić information content (AvgIpc) is 2.66. The smallest absolute Gasteiger partial charge is 0.161 e. The summed E-state index contributed by atoms with van der Waals surface area (Å²) in [5.41, 5.74) is 5.20. The first-order valence-electron chi connectivity index (χ1n) is 8.44. The van der Waals surface area contributed by atoms with Gasteiger partial charge >= 0.3 is 0 Å². The molecule has 0 spiro atoms. The molecular weight excluding hydrogens is 354 g/mol. The van der Waals surface area contributed by atoms with Gasteiger partial charge in [0.15, 0.2) is 23.0 Å². The molecule has 2 bridgehead atoms. The van der Waals surface area contributed by atoms with Crippen LogP contribution in [0.1, 0.15) is 34.3 Å². The standard InChI is InChI=1S/C20H23NO4.ClH/c1-22-17-7-11-5-15-14-10-20(25-4)18(23-2)8-12(14)6-16(21-15)13(11)9-19(17)24-3;/h7-10,15-16,21H,5-6H2,1-4H3;1H. The Bertz CT molecular complexity index is 756. The molecule has 0 saturated carbocycles. The van der Waals surface area contributed by atoms with Crippen molar-refractivity contribution in [2.75, 3.05) is 28.4 Å². The highest BCUT2D eigenvalue weighted by Gasteiger charge is 2.35. The number of methoxy groups -OCH3 is 4. The van der Waals surface area contributed by atoms with Crippen molar-refractivity contribution >= 4 is 12.4 Å². The minimum Gasteiger partial charge on any atom is -0.493 e. The lowest BCUT2D eigenvalue weighted by molar-refractivity contribution is 0.338. The fourth-order valence-corrected chi connectivity index (χ4v) is 4.08. The average molecular weight is 378 g/mol. The predicted octanol–water partition coefficient (Wildman–Crippen LogP) is 3.63. The van der Waals surface area contributed by atoms with E-state index in [1.165, 1.54) is 22.3 Å². The van der Waals surface area contributed by atoms with E-state index in [0.29, 0.717) is 0 Å². The van der Waals surface area contributed by atoms with Crippen molar-refractivity contribution in [3.05, 3.63) is 46.5 Å². The number of fused-ring (bicyclic) bond motifs is 6. The second-order valence-electron chi connectivity index (χ2n) is 6.49. The van der Waals surface area contributed by atoms with Gasteiger partial charge in [-0.2, -0.15) is 0 Å². The zero-order valence-electron chi connectivity index (χ0n) is 15.4. The van der Waals surface area contributed by atoms with Crippen LogP contribution < -0.4 is 24.3 Å². The second-order valence-corrected chi connectivity index (χ2v) is 6.49. The zero-order valence-corrected chi connectivity index (χ0v) is 16.2. The molecule has 140 valence electrons. The summed E-state index contributed by atoms with van der Waals surface area (Å²) in [6, 6.07) is 8.96. The molecule has 2 unspecified atom stereocenters. The highest BCUT2D eigenvalue weighted by atomic mass is 35.5. The Balaban J connectivity index is 0.00000196. The van der Waals surface area contributed by atoms with E-state index in [9.17, 15) is 0 Å². The number of ether oxygens (including phenoxy) is 4. The van der Waals surface area contributed by atoms with Crippen LogP contribution in [-0.2, 0) is 12.8 Å². The van der Waals surface area contributed by atoms with Crippen LogP contribution in [-0.4, -0.2) is 28.4 Å². The van der Waals surface area contributed by atoms with E-state index in [2.05, 4.69) is 29.6 Å². The Morgan fingerprint density at radius 2 is 1.00 bits per heavy atom. The molecule has 26 heavy (non-hydrogen) atoms. The number of benzene rings is 2. The predicted molar refractivity (Wildman–Crippen MR) is 102 cm³/mol. The Labute approximate surface area is 160 Å². The van der Waals surface area contributed by atoms with Crippen LogP contribution >= 0.6 is 12.4 Å². The lowest BCUT2D eigenvalue weighted by Gasteiger charge is -2.39. The summed E-state index contributed by atoms with van der Waals surface area (Å²) in [4.78, 5) is 0. The minimum atomic E-state index is 0. The van der Waals surface area contributed by atoms with Crippen LogP contribution in [0.3, 0.4) is 0 Å². The van der Waals surface area contributed by atoms with Crippen LogP contribution in [0, 0.1) is 0 Å². The number of halogens is 1. The molecule has 2 aliphatic heterocycles. The van der Waals surface area contributed by atoms with Gasteiger partial charge in [-0.05, 0) is 59.4 Å². The van der Waals surface area contributed by atoms with E-state index in [0.717, 1.165) is 35.8 Å². The van der Waals surface area contributed by atoms with Gasteiger partial charge in [0, 0.05) is 12.1 Å². The Morgan fingerprint density at radius 3 is 1.35 bits per heavy atom. The molecule has 2 atom stereocenters. The molecule has 0 amide bonds. The number of hydrogen-bond acceptors (Lipinski definition) is 5. The van der Waals surface area contributed by atoms with Crippen molar-refractivity contribution in [2.24, 2.45) is 0 Å². The summed E-state index contributed by atoms with van der Waals surface area (Å²) in [7, 11) is 6.71. The van der Waals surface area contributed by atoms with Gasteiger partial charge in [-0.3, -0.25) is 0 Å². The van der Waals surface area contributed by atoms with Gasteiger partial charge in [0.2, 0.25) is 0 Å². The molecule has 6 heteroatoms. The minimum absolute atomic E-state index is 0. The van der Waals surface area contributed by atoms with Gasteiger partial charge in [-0.25, -0.2) is 0 Å². The van der Waals surface area contributed by atoms with Crippen molar-refractivity contribution in [3.63, 3.8) is 0 Å². The molecule has 5 nitrogen and oxygen atoms in total. The van der Waals surface area contributed by atoms with Crippen LogP contribution in [0.15, 0.2) is 24.3 Å². The van der Waals surface area contributed by atoms with Gasteiger partial charge in [0.05, 0.1) is 28.4 Å². The molecule has 0 saturated heterocycles. The highest BCUT2D eigenvalue weighted by molar-refractivity contribution is 5.85. The van der Waals surface area contributed by atoms with Crippen molar-refractivity contribution in [3.8, 4) is 23.0 Å². The van der Waals surface area contributed by atoms with Gasteiger partial charge in [0.25, 0.3) is 0 Å². The second kappa shape index (κ2) is 7.25. The van der Waals surface area contributed by atoms with Gasteiger partial charge in [-0.15, -0.1) is 12.4 Å². The molecule has 1 N–H and O–H groups in total. The highest BCUT2D eigenvalue weighted by Crippen LogP contribution is 2.46. The summed E-state index contributed by atoms with van der Waals surface area (Å²) in [6.45, 7) is 0. The molecule has 2 aromatic rings. The molecule has 2 aliphatic rings. The topological polar surface area (TPSA) is 49.0 Å². The number of rotatable bonds is 4. The first-order valence-corrected chi connectivity index (χ1v) is 8.44. The van der Waals surface area contributed by atoms with E-state index in [-0.39, 0.29) is 24.5 Å². The zero-order chi connectivity index (χ0) is 17.6. The number of hydrogen-bond donors (Lipinski definition) is 1. The molecule has 0 aliphatic carbocycles. The summed E-state index contributed by atoms with van der Waals surface area (Å²) < 4.78 is 21.9. The fourth-order valence-electron chi connectivity index (χ4n) is 4.08. The Hall–Kier alpha value is -2.11. The largest absolute Gasteiger partial charge is 0.493 e. The summed E-state index contributed by atoms with van der Waals surface area (Å²) in [5.74, 6) is 3.13. The molecule has 2 heterocycles. The maximum absolute atomic E-state index is 5.49. The van der Waals surface area contributed by atoms with Crippen molar-refractivity contribution in [1.82, 2.24) is 5.32 Å². The van der Waals surface area contributed by atoms with E-state index in [1.54, 1.807) is 28.4 Å². The van der Waals surface area contributed by atoms with Crippen LogP contribution in [0.4, 0.5) is 0 Å². The molecule has 0 fully saturated rings. The van der Waals surface area contributed by atoms with E-state index < -0.39 is 0 Å². The molecule has 4 rings (SSSR count). The van der Waals surface area contributed by atoms with Crippen LogP contribution in [0.2, 0.25) is 0 Å². The maximum atomic E-state index is 5.49. The quantitative estimate of drug-likeness (QED) is 0.881.